The van der Waals surface area contributed by atoms with Gasteiger partial charge in [-0.1, -0.05) is 0 Å². The number of guanidine groups is 1. The minimum absolute atomic E-state index is 0.0833. The van der Waals surface area contributed by atoms with Crippen molar-refractivity contribution in [2.45, 2.75) is 0 Å². The normalized spacial score (nSPS) is 8.00. The van der Waals surface area contributed by atoms with Crippen LogP contribution in [0.1, 0.15) is 0 Å². The number of nitrogen functional groups attached to an aromatic ring is 1. The maximum atomic E-state index is 10.0. The summed E-state index contributed by atoms with van der Waals surface area (Å²) in [6.07, 6.45) is 0. The quantitative estimate of drug-likeness (QED) is 0.166. The smallest absolute Gasteiger partial charge is 0.336 e. The lowest BCUT2D eigenvalue weighted by Gasteiger charge is -1.95. The lowest BCUT2D eigenvalue weighted by molar-refractivity contribution is -0.285. The van der Waals surface area contributed by atoms with Crippen molar-refractivity contribution in [1.82, 2.24) is 20.3 Å². The van der Waals surface area contributed by atoms with Crippen LogP contribution < -0.4 is 27.8 Å². The Morgan fingerprint density at radius 2 is 2.00 bits per heavy atom. The van der Waals surface area contributed by atoms with Crippen LogP contribution in [-0.4, -0.2) is 26.3 Å². The maximum absolute atomic E-state index is 10.0. The molecule has 1 aromatic heterocycles. The molecule has 0 radical (unpaired) electrons. The zero-order valence-electron chi connectivity index (χ0n) is 5.51. The molecule has 0 atom stereocenters. The molecule has 1 aromatic rings. The van der Waals surface area contributed by atoms with Crippen molar-refractivity contribution in [3.63, 3.8) is 0 Å². The zero-order valence-corrected chi connectivity index (χ0v) is 5.51. The van der Waals surface area contributed by atoms with Gasteiger partial charge in [-0.2, -0.15) is 4.79 Å². The molecule has 8 N–H and O–H groups in total. The van der Waals surface area contributed by atoms with Crippen molar-refractivity contribution in [2.75, 3.05) is 5.84 Å². The van der Waals surface area contributed by atoms with E-state index in [1.54, 1.807) is 0 Å². The molecule has 0 saturated heterocycles. The topological polar surface area (TPSA) is 170 Å². The third kappa shape index (κ3) is 4.44. The summed E-state index contributed by atoms with van der Waals surface area (Å²) in [7, 11) is 0. The molecule has 0 unspecified atom stereocenters. The fourth-order valence-corrected chi connectivity index (χ4v) is 0.185. The molecule has 0 fully saturated rings. The Morgan fingerprint density at radius 1 is 1.55 bits per heavy atom. The van der Waals surface area contributed by atoms with Gasteiger partial charge in [0.25, 0.3) is 0 Å². The first-order valence-corrected chi connectivity index (χ1v) is 2.38. The highest BCUT2D eigenvalue weighted by molar-refractivity contribution is 5.68. The lowest BCUT2D eigenvalue weighted by atomic mass is 11.1. The molecule has 0 aliphatic carbocycles. The van der Waals surface area contributed by atoms with Crippen molar-refractivity contribution in [3.05, 3.63) is 0 Å². The summed E-state index contributed by atoms with van der Waals surface area (Å²) in [6.45, 7) is 0. The van der Waals surface area contributed by atoms with Gasteiger partial charge in [0.1, 0.15) is 6.01 Å². The van der Waals surface area contributed by atoms with E-state index in [1.165, 1.54) is 0 Å². The van der Waals surface area contributed by atoms with Crippen molar-refractivity contribution in [1.29, 1.82) is 0 Å². The first kappa shape index (κ1) is 8.94. The van der Waals surface area contributed by atoms with Crippen molar-refractivity contribution in [2.24, 2.45) is 11.5 Å². The zero-order chi connectivity index (χ0) is 8.85. The molecule has 0 aromatic carbocycles. The van der Waals surface area contributed by atoms with E-state index in [4.69, 9.17) is 5.84 Å². The number of nitrogens with two attached hydrogens (primary N) is 4. The molecule has 0 spiro atoms. The number of aromatic nitrogens is 4. The molecule has 0 aliphatic heterocycles. The van der Waals surface area contributed by atoms with Gasteiger partial charge in [-0.05, 0) is 10.4 Å². The summed E-state index contributed by atoms with van der Waals surface area (Å²) >= 11 is 0. The maximum Gasteiger partial charge on any atom is 0.336 e. The molecule has 11 heavy (non-hydrogen) atoms. The van der Waals surface area contributed by atoms with Crippen LogP contribution in [0.4, 0.5) is 0 Å². The van der Waals surface area contributed by atoms with Crippen LogP contribution in [0, 0.1) is 0 Å². The molecular formula is C2H8N8O. The van der Waals surface area contributed by atoms with E-state index < -0.39 is 6.01 Å². The molecule has 0 aliphatic rings. The van der Waals surface area contributed by atoms with Crippen LogP contribution in [0.15, 0.2) is 0 Å². The number of nitrogens with zero attached hydrogens (tertiary/aromatic N) is 4. The van der Waals surface area contributed by atoms with Gasteiger partial charge in [0, 0.05) is 0 Å². The third-order valence-electron chi connectivity index (χ3n) is 0.463. The standard InChI is InChI=1S/CH3N5O.CH5N3/c2-6-1(7)3-4-5-6;2-1(3)4/h2H2,(H,3,5,7);(H5,2,3,4). The van der Waals surface area contributed by atoms with Crippen molar-refractivity contribution >= 4 is 5.96 Å². The summed E-state index contributed by atoms with van der Waals surface area (Å²) in [5.41, 5.74) is 9.17. The first-order valence-electron chi connectivity index (χ1n) is 2.38. The Labute approximate surface area is 61.3 Å². The monoisotopic (exact) mass is 160 g/mol. The van der Waals surface area contributed by atoms with E-state index in [-0.39, 0.29) is 5.96 Å². The van der Waals surface area contributed by atoms with E-state index in [0.717, 1.165) is 0 Å². The molecule has 0 amide bonds. The van der Waals surface area contributed by atoms with Gasteiger partial charge in [-0.25, -0.2) is 0 Å². The van der Waals surface area contributed by atoms with Gasteiger partial charge in [-0.3, -0.25) is 16.9 Å². The summed E-state index contributed by atoms with van der Waals surface area (Å²) in [6, 6.07) is -0.639. The van der Waals surface area contributed by atoms with Gasteiger partial charge in [0.05, 0.1) is 0 Å². The minimum Gasteiger partial charge on any atom is -0.842 e. The molecule has 0 bridgehead atoms. The second-order valence-electron chi connectivity index (χ2n) is 1.41. The molecular weight excluding hydrogens is 152 g/mol. The van der Waals surface area contributed by atoms with Crippen LogP contribution in [-0.2, 0) is 0 Å². The highest BCUT2D eigenvalue weighted by Crippen LogP contribution is 1.81. The summed E-state index contributed by atoms with van der Waals surface area (Å²) in [4.78, 5) is 0.556. The van der Waals surface area contributed by atoms with Gasteiger partial charge in [0.2, 0.25) is 0 Å². The van der Waals surface area contributed by atoms with Crippen molar-refractivity contribution in [3.8, 4) is 6.01 Å². The first-order chi connectivity index (χ1) is 5.04. The molecule has 9 nitrogen and oxygen atoms in total. The molecule has 1 heterocycles. The Kier molecular flexibility index (Phi) is 3.15. The van der Waals surface area contributed by atoms with Crippen LogP contribution in [0.5, 0.6) is 6.01 Å². The van der Waals surface area contributed by atoms with E-state index in [1.807, 2.05) is 0 Å². The van der Waals surface area contributed by atoms with Gasteiger partial charge >= 0.3 is 5.96 Å². The fourth-order valence-electron chi connectivity index (χ4n) is 0.185. The average Bonchev–Trinajstić information content (AvgIpc) is 2.15. The minimum atomic E-state index is -0.639. The van der Waals surface area contributed by atoms with E-state index in [2.05, 4.69) is 32.4 Å². The number of hydrogen-bond donors (Lipinski definition) is 4. The lowest BCUT2D eigenvalue weighted by Crippen LogP contribution is -2.51. The second-order valence-corrected chi connectivity index (χ2v) is 1.41. The largest absolute Gasteiger partial charge is 0.842 e. The summed E-state index contributed by atoms with van der Waals surface area (Å²) in [5, 5.41) is 23.5. The number of rotatable bonds is 0. The molecule has 62 valence electrons. The van der Waals surface area contributed by atoms with Crippen LogP contribution in [0.25, 0.3) is 0 Å². The molecule has 9 heteroatoms. The fraction of sp³-hybridized carbons (Fsp3) is 0. The Hall–Kier alpha value is -2.06. The summed E-state index contributed by atoms with van der Waals surface area (Å²) in [5.74, 6) is 4.72. The van der Waals surface area contributed by atoms with Crippen LogP contribution in [0.2, 0.25) is 0 Å². The van der Waals surface area contributed by atoms with E-state index in [0.29, 0.717) is 4.79 Å². The Morgan fingerprint density at radius 3 is 2.09 bits per heavy atom. The highest BCUT2D eigenvalue weighted by Gasteiger charge is 1.81. The Bertz CT molecular complexity index is 207. The summed E-state index contributed by atoms with van der Waals surface area (Å²) < 4.78 is 0. The SMILES string of the molecule is NC(N)=[NH2+].Nn1nnnc1[O-]. The predicted octanol–water partition coefficient (Wildman–Crippen LogP) is -5.52. The van der Waals surface area contributed by atoms with Gasteiger partial charge < -0.3 is 10.9 Å². The second kappa shape index (κ2) is 3.87. The number of hydrogen-bond acceptors (Lipinski definition) is 5. The number of tetrazole rings is 1. The Balaban J connectivity index is 0.000000218. The predicted molar refractivity (Wildman–Crippen MR) is 32.7 cm³/mol. The van der Waals surface area contributed by atoms with Crippen molar-refractivity contribution < 1.29 is 10.5 Å². The van der Waals surface area contributed by atoms with Crippen LogP contribution in [0.3, 0.4) is 0 Å². The third-order valence-corrected chi connectivity index (χ3v) is 0.463. The average molecular weight is 160 g/mol. The van der Waals surface area contributed by atoms with E-state index in [9.17, 15) is 5.11 Å². The molecule has 1 rings (SSSR count). The van der Waals surface area contributed by atoms with Crippen LogP contribution >= 0.6 is 0 Å². The van der Waals surface area contributed by atoms with Gasteiger partial charge in [-0.15, -0.1) is 5.10 Å². The molecule has 0 saturated carbocycles. The van der Waals surface area contributed by atoms with E-state index >= 15 is 0 Å². The van der Waals surface area contributed by atoms with Gasteiger partial charge in [0.15, 0.2) is 0 Å². The highest BCUT2D eigenvalue weighted by atomic mass is 16.3.